The molecule has 0 aliphatic carbocycles. The summed E-state index contributed by atoms with van der Waals surface area (Å²) in [5.41, 5.74) is 2.68. The fourth-order valence-electron chi connectivity index (χ4n) is 2.32. The summed E-state index contributed by atoms with van der Waals surface area (Å²) in [6, 6.07) is 14.1. The number of rotatable bonds is 6. The van der Waals surface area contributed by atoms with Crippen LogP contribution in [0.4, 0.5) is 4.79 Å². The first-order valence-corrected chi connectivity index (χ1v) is 9.33. The number of hydrogen-bond acceptors (Lipinski definition) is 3. The summed E-state index contributed by atoms with van der Waals surface area (Å²) in [6.07, 6.45) is 0. The number of sulfonamides is 1. The molecule has 2 aromatic rings. The van der Waals surface area contributed by atoms with Gasteiger partial charge in [-0.2, -0.15) is 0 Å². The Morgan fingerprint density at radius 3 is 2.04 bits per heavy atom. The highest BCUT2D eigenvalue weighted by atomic mass is 32.2. The minimum Gasteiger partial charge on any atom is -0.334 e. The van der Waals surface area contributed by atoms with Crippen molar-refractivity contribution in [1.82, 2.24) is 14.9 Å². The molecule has 0 unspecified atom stereocenters. The van der Waals surface area contributed by atoms with E-state index in [9.17, 15) is 13.2 Å². The quantitative estimate of drug-likeness (QED) is 0.828. The lowest BCUT2D eigenvalue weighted by Gasteiger charge is -2.15. The van der Waals surface area contributed by atoms with Crippen LogP contribution >= 0.6 is 0 Å². The van der Waals surface area contributed by atoms with Crippen LogP contribution in [0.25, 0.3) is 0 Å². The molecule has 0 atom stereocenters. The van der Waals surface area contributed by atoms with Gasteiger partial charge in [0.2, 0.25) is 10.0 Å². The van der Waals surface area contributed by atoms with Crippen molar-refractivity contribution in [1.29, 1.82) is 0 Å². The third-order valence-corrected chi connectivity index (χ3v) is 5.79. The third-order valence-electron chi connectivity index (χ3n) is 3.87. The van der Waals surface area contributed by atoms with E-state index in [4.69, 9.17) is 0 Å². The summed E-state index contributed by atoms with van der Waals surface area (Å²) >= 11 is 0. The molecule has 0 aromatic heterocycles. The molecule has 0 spiro atoms. The Hall–Kier alpha value is -2.38. The van der Waals surface area contributed by atoms with Gasteiger partial charge in [-0.05, 0) is 29.7 Å². The Kier molecular flexibility index (Phi) is 6.17. The highest BCUT2D eigenvalue weighted by molar-refractivity contribution is 7.89. The van der Waals surface area contributed by atoms with Crippen molar-refractivity contribution in [2.75, 3.05) is 14.1 Å². The zero-order valence-electron chi connectivity index (χ0n) is 14.6. The van der Waals surface area contributed by atoms with E-state index >= 15 is 0 Å². The molecule has 2 rings (SSSR count). The molecule has 2 N–H and O–H groups in total. The van der Waals surface area contributed by atoms with Gasteiger partial charge < -0.3 is 10.6 Å². The summed E-state index contributed by atoms with van der Waals surface area (Å²) in [4.78, 5) is 12.2. The normalized spacial score (nSPS) is 11.4. The summed E-state index contributed by atoms with van der Waals surface area (Å²) in [5.74, 6) is 0. The Labute approximate surface area is 148 Å². The van der Waals surface area contributed by atoms with Gasteiger partial charge in [0.15, 0.2) is 0 Å². The molecule has 2 aromatic carbocycles. The summed E-state index contributed by atoms with van der Waals surface area (Å²) in [7, 11) is -0.594. The van der Waals surface area contributed by atoms with Crippen molar-refractivity contribution >= 4 is 16.1 Å². The van der Waals surface area contributed by atoms with Crippen molar-refractivity contribution in [3.8, 4) is 0 Å². The number of carbonyl (C=O) groups excluding carboxylic acids is 1. The molecule has 0 aliphatic heterocycles. The van der Waals surface area contributed by atoms with Crippen molar-refractivity contribution in [2.24, 2.45) is 0 Å². The molecule has 2 amide bonds. The van der Waals surface area contributed by atoms with Crippen LogP contribution in [-0.2, 0) is 23.1 Å². The van der Waals surface area contributed by atoms with Crippen LogP contribution < -0.4 is 10.6 Å². The maximum atomic E-state index is 12.3. The van der Waals surface area contributed by atoms with Crippen molar-refractivity contribution in [3.63, 3.8) is 0 Å². The second kappa shape index (κ2) is 8.13. The van der Waals surface area contributed by atoms with E-state index in [1.807, 2.05) is 31.2 Å². The number of benzene rings is 2. The zero-order valence-corrected chi connectivity index (χ0v) is 15.4. The van der Waals surface area contributed by atoms with E-state index in [1.165, 1.54) is 20.2 Å². The third kappa shape index (κ3) is 4.80. The second-order valence-electron chi connectivity index (χ2n) is 5.86. The zero-order chi connectivity index (χ0) is 18.4. The highest BCUT2D eigenvalue weighted by Crippen LogP contribution is 2.18. The number of nitrogens with zero attached hydrogens (tertiary/aromatic N) is 1. The van der Waals surface area contributed by atoms with Crippen LogP contribution in [0, 0.1) is 6.92 Å². The minimum atomic E-state index is -3.55. The number of carbonyl (C=O) groups is 1. The fraction of sp³-hybridized carbons (Fsp3) is 0.278. The first-order valence-electron chi connectivity index (χ1n) is 7.89. The SMILES string of the molecule is Cc1ccccc1CNC(=O)NCc1ccccc1S(=O)(=O)N(C)C. The Morgan fingerprint density at radius 2 is 1.44 bits per heavy atom. The predicted molar refractivity (Wildman–Crippen MR) is 97.6 cm³/mol. The van der Waals surface area contributed by atoms with Crippen molar-refractivity contribution in [3.05, 3.63) is 65.2 Å². The predicted octanol–water partition coefficient (Wildman–Crippen LogP) is 2.24. The van der Waals surface area contributed by atoms with Gasteiger partial charge in [0.25, 0.3) is 0 Å². The van der Waals surface area contributed by atoms with Crippen LogP contribution in [-0.4, -0.2) is 32.8 Å². The number of amides is 2. The second-order valence-corrected chi connectivity index (χ2v) is 7.98. The number of urea groups is 1. The first kappa shape index (κ1) is 19.0. The average molecular weight is 361 g/mol. The Morgan fingerprint density at radius 1 is 0.920 bits per heavy atom. The van der Waals surface area contributed by atoms with E-state index in [1.54, 1.807) is 18.2 Å². The molecule has 0 radical (unpaired) electrons. The minimum absolute atomic E-state index is 0.128. The van der Waals surface area contributed by atoms with Crippen LogP contribution in [0.15, 0.2) is 53.4 Å². The van der Waals surface area contributed by atoms with Crippen LogP contribution in [0.3, 0.4) is 0 Å². The Bertz CT molecular complexity index is 848. The van der Waals surface area contributed by atoms with E-state index in [-0.39, 0.29) is 17.5 Å². The lowest BCUT2D eigenvalue weighted by molar-refractivity contribution is 0.240. The number of nitrogens with one attached hydrogen (secondary N) is 2. The van der Waals surface area contributed by atoms with Crippen molar-refractivity contribution < 1.29 is 13.2 Å². The van der Waals surface area contributed by atoms with Gasteiger partial charge in [-0.25, -0.2) is 17.5 Å². The molecule has 0 saturated heterocycles. The average Bonchev–Trinajstić information content (AvgIpc) is 2.59. The van der Waals surface area contributed by atoms with Gasteiger partial charge in [0.1, 0.15) is 0 Å². The monoisotopic (exact) mass is 361 g/mol. The molecule has 0 bridgehead atoms. The highest BCUT2D eigenvalue weighted by Gasteiger charge is 2.20. The van der Waals surface area contributed by atoms with E-state index in [0.717, 1.165) is 15.4 Å². The van der Waals surface area contributed by atoms with Crippen molar-refractivity contribution in [2.45, 2.75) is 24.9 Å². The largest absolute Gasteiger partial charge is 0.334 e. The standard InChI is InChI=1S/C18H23N3O3S/c1-14-8-4-5-9-15(14)12-19-18(22)20-13-16-10-6-7-11-17(16)25(23,24)21(2)3/h4-11H,12-13H2,1-3H3,(H2,19,20,22). The molecule has 0 aliphatic rings. The molecular weight excluding hydrogens is 338 g/mol. The molecular formula is C18H23N3O3S. The molecule has 0 heterocycles. The van der Waals surface area contributed by atoms with Gasteiger partial charge >= 0.3 is 6.03 Å². The molecule has 0 fully saturated rings. The van der Waals surface area contributed by atoms with Crippen LogP contribution in [0.2, 0.25) is 0 Å². The van der Waals surface area contributed by atoms with Crippen LogP contribution in [0.1, 0.15) is 16.7 Å². The van der Waals surface area contributed by atoms with Gasteiger partial charge in [0, 0.05) is 27.2 Å². The topological polar surface area (TPSA) is 78.5 Å². The Balaban J connectivity index is 2.00. The van der Waals surface area contributed by atoms with Gasteiger partial charge in [-0.15, -0.1) is 0 Å². The molecule has 25 heavy (non-hydrogen) atoms. The maximum Gasteiger partial charge on any atom is 0.315 e. The lowest BCUT2D eigenvalue weighted by atomic mass is 10.1. The maximum absolute atomic E-state index is 12.3. The van der Waals surface area contributed by atoms with Gasteiger partial charge in [-0.1, -0.05) is 42.5 Å². The molecule has 0 saturated carbocycles. The van der Waals surface area contributed by atoms with Crippen LogP contribution in [0.5, 0.6) is 0 Å². The van der Waals surface area contributed by atoms with E-state index in [2.05, 4.69) is 10.6 Å². The van der Waals surface area contributed by atoms with E-state index in [0.29, 0.717) is 12.1 Å². The summed E-state index contributed by atoms with van der Waals surface area (Å²) < 4.78 is 25.8. The van der Waals surface area contributed by atoms with Gasteiger partial charge in [-0.3, -0.25) is 0 Å². The number of aryl methyl sites for hydroxylation is 1. The number of hydrogen-bond donors (Lipinski definition) is 2. The van der Waals surface area contributed by atoms with E-state index < -0.39 is 10.0 Å². The molecule has 134 valence electrons. The summed E-state index contributed by atoms with van der Waals surface area (Å²) in [6.45, 7) is 2.52. The molecule has 6 nitrogen and oxygen atoms in total. The summed E-state index contributed by atoms with van der Waals surface area (Å²) in [5, 5.41) is 5.49. The molecule has 7 heteroatoms. The first-order chi connectivity index (χ1) is 11.8. The fourth-order valence-corrected chi connectivity index (χ4v) is 3.44. The smallest absolute Gasteiger partial charge is 0.315 e. The van der Waals surface area contributed by atoms with Gasteiger partial charge in [0.05, 0.1) is 4.90 Å². The lowest BCUT2D eigenvalue weighted by Crippen LogP contribution is -2.35.